The van der Waals surface area contributed by atoms with Crippen molar-refractivity contribution in [2.24, 2.45) is 0 Å². The fourth-order valence-electron chi connectivity index (χ4n) is 3.02. The van der Waals surface area contributed by atoms with Crippen LogP contribution in [0, 0.1) is 13.8 Å². The van der Waals surface area contributed by atoms with Gasteiger partial charge in [-0.25, -0.2) is 0 Å². The average Bonchev–Trinajstić information content (AvgIpc) is 3.19. The second kappa shape index (κ2) is 8.36. The van der Waals surface area contributed by atoms with E-state index in [-0.39, 0.29) is 0 Å². The lowest BCUT2D eigenvalue weighted by Crippen LogP contribution is -1.88. The van der Waals surface area contributed by atoms with Gasteiger partial charge in [-0.3, -0.25) is 4.72 Å². The minimum absolute atomic E-state index is 0.645. The zero-order valence-corrected chi connectivity index (χ0v) is 16.8. The van der Waals surface area contributed by atoms with E-state index in [0.29, 0.717) is 5.88 Å². The van der Waals surface area contributed by atoms with Crippen LogP contribution < -0.4 is 4.72 Å². The van der Waals surface area contributed by atoms with Gasteiger partial charge in [-0.05, 0) is 72.7 Å². The first kappa shape index (κ1) is 18.4. The molecule has 1 N–H and O–H groups in total. The monoisotopic (exact) mass is 386 g/mol. The lowest BCUT2D eigenvalue weighted by molar-refractivity contribution is 0.439. The predicted molar refractivity (Wildman–Crippen MR) is 117 cm³/mol. The lowest BCUT2D eigenvalue weighted by Gasteiger charge is -2.04. The highest BCUT2D eigenvalue weighted by Crippen LogP contribution is 2.27. The zero-order chi connectivity index (χ0) is 19.3. The van der Waals surface area contributed by atoms with E-state index in [1.54, 1.807) is 0 Å². The van der Waals surface area contributed by atoms with Crippen LogP contribution in [-0.2, 0) is 6.42 Å². The van der Waals surface area contributed by atoms with Gasteiger partial charge < -0.3 is 4.52 Å². The first-order valence-electron chi connectivity index (χ1n) is 9.27. The van der Waals surface area contributed by atoms with Gasteiger partial charge in [0.05, 0.1) is 0 Å². The van der Waals surface area contributed by atoms with Crippen molar-refractivity contribution in [1.82, 2.24) is 5.16 Å². The number of anilines is 1. The Morgan fingerprint density at radius 1 is 0.821 bits per heavy atom. The van der Waals surface area contributed by atoms with E-state index in [0.717, 1.165) is 22.6 Å². The second-order valence-corrected chi connectivity index (χ2v) is 7.77. The smallest absolute Gasteiger partial charge is 0.235 e. The van der Waals surface area contributed by atoms with Crippen LogP contribution in [0.25, 0.3) is 11.3 Å². The lowest BCUT2D eigenvalue weighted by atomic mass is 10.0. The maximum Gasteiger partial charge on any atom is 0.235 e. The number of rotatable bonds is 6. The van der Waals surface area contributed by atoms with Gasteiger partial charge in [-0.1, -0.05) is 59.8 Å². The molecule has 3 aromatic carbocycles. The summed E-state index contributed by atoms with van der Waals surface area (Å²) in [5, 5.41) is 4.23. The van der Waals surface area contributed by atoms with Crippen molar-refractivity contribution < 1.29 is 4.52 Å². The Kier molecular flexibility index (Phi) is 5.49. The molecule has 0 aliphatic rings. The Morgan fingerprint density at radius 3 is 2.46 bits per heavy atom. The highest BCUT2D eigenvalue weighted by atomic mass is 32.2. The van der Waals surface area contributed by atoms with E-state index in [1.165, 1.54) is 34.2 Å². The van der Waals surface area contributed by atoms with E-state index in [2.05, 4.69) is 90.5 Å². The molecule has 0 aliphatic carbocycles. The van der Waals surface area contributed by atoms with Crippen LogP contribution in [-0.4, -0.2) is 5.16 Å². The molecule has 4 heteroatoms. The van der Waals surface area contributed by atoms with Crippen LogP contribution in [0.5, 0.6) is 0 Å². The summed E-state index contributed by atoms with van der Waals surface area (Å²) in [6, 6.07) is 27.3. The topological polar surface area (TPSA) is 38.1 Å². The molecule has 140 valence electrons. The summed E-state index contributed by atoms with van der Waals surface area (Å²) in [6.45, 7) is 4.24. The van der Waals surface area contributed by atoms with Crippen molar-refractivity contribution in [3.8, 4) is 11.3 Å². The molecule has 1 heterocycles. The van der Waals surface area contributed by atoms with Crippen LogP contribution in [0.15, 0.2) is 88.3 Å². The van der Waals surface area contributed by atoms with E-state index in [1.807, 2.05) is 12.1 Å². The highest BCUT2D eigenvalue weighted by Gasteiger charge is 2.08. The summed E-state index contributed by atoms with van der Waals surface area (Å²) >= 11 is 1.53. The van der Waals surface area contributed by atoms with Crippen LogP contribution in [0.3, 0.4) is 0 Å². The highest BCUT2D eigenvalue weighted by molar-refractivity contribution is 8.00. The number of nitrogens with one attached hydrogen (secondary N) is 1. The molecular formula is C24H22N2OS. The first-order chi connectivity index (χ1) is 13.7. The van der Waals surface area contributed by atoms with Crippen molar-refractivity contribution in [2.45, 2.75) is 25.2 Å². The van der Waals surface area contributed by atoms with Crippen molar-refractivity contribution in [3.63, 3.8) is 0 Å². The van der Waals surface area contributed by atoms with Crippen LogP contribution >= 0.6 is 11.9 Å². The molecule has 0 spiro atoms. The molecule has 0 saturated heterocycles. The van der Waals surface area contributed by atoms with Gasteiger partial charge in [0.2, 0.25) is 5.88 Å². The van der Waals surface area contributed by atoms with Crippen molar-refractivity contribution >= 4 is 17.8 Å². The Labute approximate surface area is 169 Å². The number of hydrogen-bond donors (Lipinski definition) is 1. The molecule has 0 amide bonds. The molecule has 4 rings (SSSR count). The molecule has 0 aliphatic heterocycles. The number of hydrogen-bond acceptors (Lipinski definition) is 4. The van der Waals surface area contributed by atoms with Gasteiger partial charge in [-0.2, -0.15) is 0 Å². The van der Waals surface area contributed by atoms with Crippen molar-refractivity contribution in [2.75, 3.05) is 4.72 Å². The Hall–Kier alpha value is -2.98. The molecule has 28 heavy (non-hydrogen) atoms. The molecule has 0 fully saturated rings. The maximum atomic E-state index is 5.47. The van der Waals surface area contributed by atoms with Crippen LogP contribution in [0.1, 0.15) is 22.3 Å². The van der Waals surface area contributed by atoms with Gasteiger partial charge in [-0.15, -0.1) is 0 Å². The third kappa shape index (κ3) is 4.46. The molecule has 1 aromatic heterocycles. The molecule has 4 aromatic rings. The van der Waals surface area contributed by atoms with Gasteiger partial charge >= 0.3 is 0 Å². The van der Waals surface area contributed by atoms with E-state index in [4.69, 9.17) is 4.52 Å². The Bertz CT molecular complexity index is 1070. The van der Waals surface area contributed by atoms with Gasteiger partial charge in [0.15, 0.2) is 0 Å². The molecule has 0 bridgehead atoms. The summed E-state index contributed by atoms with van der Waals surface area (Å²) in [5.41, 5.74) is 7.01. The normalized spacial score (nSPS) is 10.8. The first-order valence-corrected chi connectivity index (χ1v) is 10.1. The second-order valence-electron chi connectivity index (χ2n) is 6.89. The SMILES string of the molecule is Cc1ccc(SNc2cc(-c3cccc(Cc4ccccc4)c3)no2)cc1C. The number of nitrogens with zero attached hydrogens (tertiary/aromatic N) is 1. The summed E-state index contributed by atoms with van der Waals surface area (Å²) in [6.07, 6.45) is 0.903. The minimum atomic E-state index is 0.645. The minimum Gasteiger partial charge on any atom is -0.337 e. The zero-order valence-electron chi connectivity index (χ0n) is 16.0. The van der Waals surface area contributed by atoms with Gasteiger partial charge in [0.25, 0.3) is 0 Å². The Balaban J connectivity index is 1.45. The predicted octanol–water partition coefficient (Wildman–Crippen LogP) is 6.67. The third-order valence-electron chi connectivity index (χ3n) is 4.73. The van der Waals surface area contributed by atoms with Gasteiger partial charge in [0, 0.05) is 16.5 Å². The quantitative estimate of drug-likeness (QED) is 0.376. The average molecular weight is 387 g/mol. The molecule has 0 atom stereocenters. The third-order valence-corrected chi connectivity index (χ3v) is 5.52. The molecular weight excluding hydrogens is 364 g/mol. The van der Waals surface area contributed by atoms with E-state index >= 15 is 0 Å². The molecule has 0 unspecified atom stereocenters. The summed E-state index contributed by atoms with van der Waals surface area (Å²) < 4.78 is 8.71. The van der Waals surface area contributed by atoms with Crippen molar-refractivity contribution in [1.29, 1.82) is 0 Å². The molecule has 0 radical (unpaired) electrons. The molecule has 0 saturated carbocycles. The number of aryl methyl sites for hydroxylation is 2. The standard InChI is InChI=1S/C24H22N2OS/c1-17-11-12-22(13-18(17)2)28-26-24-16-23(25-27-24)21-10-6-9-20(15-21)14-19-7-4-3-5-8-19/h3-13,15-16,26H,14H2,1-2H3. The van der Waals surface area contributed by atoms with Crippen LogP contribution in [0.4, 0.5) is 5.88 Å². The Morgan fingerprint density at radius 2 is 1.64 bits per heavy atom. The fourth-order valence-corrected chi connectivity index (χ4v) is 3.70. The van der Waals surface area contributed by atoms with Crippen LogP contribution in [0.2, 0.25) is 0 Å². The summed E-state index contributed by atoms with van der Waals surface area (Å²) in [7, 11) is 0. The number of benzene rings is 3. The maximum absolute atomic E-state index is 5.47. The largest absolute Gasteiger partial charge is 0.337 e. The molecule has 3 nitrogen and oxygen atoms in total. The van der Waals surface area contributed by atoms with E-state index in [9.17, 15) is 0 Å². The summed E-state index contributed by atoms with van der Waals surface area (Å²) in [4.78, 5) is 1.14. The fraction of sp³-hybridized carbons (Fsp3) is 0.125. The number of aromatic nitrogens is 1. The van der Waals surface area contributed by atoms with Gasteiger partial charge in [0.1, 0.15) is 5.69 Å². The van der Waals surface area contributed by atoms with E-state index < -0.39 is 0 Å². The van der Waals surface area contributed by atoms with Crippen molar-refractivity contribution in [3.05, 3.63) is 101 Å². The summed E-state index contributed by atoms with van der Waals surface area (Å²) in [5.74, 6) is 0.645.